The maximum Gasteiger partial charge on any atom is 0.258 e. The number of methoxy groups -OCH3 is 1. The van der Waals surface area contributed by atoms with E-state index in [1.54, 1.807) is 6.08 Å². The summed E-state index contributed by atoms with van der Waals surface area (Å²) in [6.45, 7) is 0. The predicted octanol–water partition coefficient (Wildman–Crippen LogP) is 3.95. The number of amides is 4. The van der Waals surface area contributed by atoms with E-state index in [0.29, 0.717) is 0 Å². The number of alkyl halides is 2. The van der Waals surface area contributed by atoms with Crippen LogP contribution in [-0.2, 0) is 19.2 Å². The number of hydrogen-bond acceptors (Lipinski definition) is 6. The number of halogens is 7. The molecule has 2 aliphatic carbocycles. The van der Waals surface area contributed by atoms with E-state index in [1.165, 1.54) is 19.2 Å². The van der Waals surface area contributed by atoms with Gasteiger partial charge in [0.05, 0.1) is 18.9 Å². The standard InChI is InChI=1S/C27H17Cl2F5N2O6/c1-42-13-6-8(37)2-3-10(13)15-9-4-5-11-14(23(39)35-22(11)38)12(9)7-26(28)24(40)36(25(41)27(15,26)29)21-19(33)17(31)16(30)18(32)20(21)34/h2-4,6,11-12,14-15,37H,5,7H2,1H3,(H,35,38,39). The molecule has 4 amide bonds. The van der Waals surface area contributed by atoms with Gasteiger partial charge in [0.15, 0.2) is 33.0 Å². The Morgan fingerprint density at radius 1 is 0.929 bits per heavy atom. The molecule has 2 heterocycles. The molecule has 0 spiro atoms. The van der Waals surface area contributed by atoms with E-state index in [4.69, 9.17) is 27.9 Å². The molecule has 2 aromatic rings. The number of hydrogen-bond donors (Lipinski definition) is 2. The molecule has 2 saturated heterocycles. The van der Waals surface area contributed by atoms with E-state index in [1.807, 2.05) is 0 Å². The lowest BCUT2D eigenvalue weighted by Gasteiger charge is -2.50. The van der Waals surface area contributed by atoms with Crippen molar-refractivity contribution in [3.8, 4) is 11.5 Å². The molecule has 6 atom stereocenters. The first-order chi connectivity index (χ1) is 19.7. The SMILES string of the molecule is COc1cc(O)ccc1C1C2=CCC3C(=O)NC(=O)C3C2CC2(Cl)C(=O)N(c3c(F)c(F)c(F)c(F)c3F)C(=O)C12Cl. The first-order valence-electron chi connectivity index (χ1n) is 12.4. The zero-order valence-corrected chi connectivity index (χ0v) is 22.6. The van der Waals surface area contributed by atoms with Crippen LogP contribution in [0.25, 0.3) is 0 Å². The molecule has 0 aromatic heterocycles. The van der Waals surface area contributed by atoms with E-state index in [0.717, 1.165) is 6.07 Å². The molecule has 4 aliphatic rings. The number of carbonyl (C=O) groups excluding carboxylic acids is 4. The van der Waals surface area contributed by atoms with Crippen LogP contribution in [0.5, 0.6) is 11.5 Å². The number of imide groups is 2. The summed E-state index contributed by atoms with van der Waals surface area (Å²) in [5.41, 5.74) is -1.55. The Bertz CT molecular complexity index is 1660. The lowest BCUT2D eigenvalue weighted by molar-refractivity contribution is -0.127. The fourth-order valence-electron chi connectivity index (χ4n) is 6.76. The molecule has 2 aromatic carbocycles. The van der Waals surface area contributed by atoms with Crippen LogP contribution in [0.2, 0.25) is 0 Å². The third kappa shape index (κ3) is 3.34. The van der Waals surface area contributed by atoms with Gasteiger partial charge in [0.2, 0.25) is 17.6 Å². The minimum Gasteiger partial charge on any atom is -0.508 e. The number of fused-ring (bicyclic) bond motifs is 4. The Kier molecular flexibility index (Phi) is 6.18. The number of nitrogens with one attached hydrogen (secondary N) is 1. The topological polar surface area (TPSA) is 113 Å². The average molecular weight is 631 g/mol. The third-order valence-corrected chi connectivity index (χ3v) is 10.0. The third-order valence-electron chi connectivity index (χ3n) is 8.59. The fraction of sp³-hybridized carbons (Fsp3) is 0.333. The highest BCUT2D eigenvalue weighted by Gasteiger charge is 2.77. The predicted molar refractivity (Wildman–Crippen MR) is 134 cm³/mol. The van der Waals surface area contributed by atoms with Crippen molar-refractivity contribution in [2.75, 3.05) is 12.0 Å². The van der Waals surface area contributed by atoms with Gasteiger partial charge in [-0.25, -0.2) is 26.9 Å². The lowest BCUT2D eigenvalue weighted by Crippen LogP contribution is -2.60. The van der Waals surface area contributed by atoms with Gasteiger partial charge in [0, 0.05) is 17.5 Å². The van der Waals surface area contributed by atoms with E-state index < -0.39 is 98.2 Å². The number of allylic oxidation sites excluding steroid dienone is 2. The first-order valence-corrected chi connectivity index (χ1v) is 13.2. The van der Waals surface area contributed by atoms with Gasteiger partial charge in [0.1, 0.15) is 17.2 Å². The van der Waals surface area contributed by atoms with Gasteiger partial charge in [-0.1, -0.05) is 17.7 Å². The molecular weight excluding hydrogens is 614 g/mol. The van der Waals surface area contributed by atoms with Crippen LogP contribution in [0.4, 0.5) is 27.6 Å². The van der Waals surface area contributed by atoms with Gasteiger partial charge in [0.25, 0.3) is 11.8 Å². The number of nitrogens with zero attached hydrogens (tertiary/aromatic N) is 1. The minimum absolute atomic E-state index is 0.0106. The average Bonchev–Trinajstić information content (AvgIpc) is 3.33. The Balaban J connectivity index is 1.64. The number of phenols is 1. The summed E-state index contributed by atoms with van der Waals surface area (Å²) in [6.07, 6.45) is 0.941. The molecule has 6 rings (SSSR count). The summed E-state index contributed by atoms with van der Waals surface area (Å²) in [7, 11) is 1.21. The van der Waals surface area contributed by atoms with Gasteiger partial charge in [-0.15, -0.1) is 23.2 Å². The molecule has 42 heavy (non-hydrogen) atoms. The number of ether oxygens (including phenoxy) is 1. The number of carbonyl (C=O) groups is 4. The van der Waals surface area contributed by atoms with Crippen LogP contribution in [0, 0.1) is 46.8 Å². The van der Waals surface area contributed by atoms with Crippen molar-refractivity contribution in [3.63, 3.8) is 0 Å². The quantitative estimate of drug-likeness (QED) is 0.133. The molecule has 2 aliphatic heterocycles. The van der Waals surface area contributed by atoms with Crippen LogP contribution in [-0.4, -0.2) is 45.6 Å². The molecule has 1 saturated carbocycles. The number of anilines is 1. The normalized spacial score (nSPS) is 31.9. The Morgan fingerprint density at radius 3 is 2.17 bits per heavy atom. The van der Waals surface area contributed by atoms with Crippen LogP contribution in [0.3, 0.4) is 0 Å². The summed E-state index contributed by atoms with van der Waals surface area (Å²) in [5.74, 6) is -21.6. The molecule has 8 nitrogen and oxygen atoms in total. The molecule has 3 fully saturated rings. The smallest absolute Gasteiger partial charge is 0.258 e. The van der Waals surface area contributed by atoms with E-state index in [9.17, 15) is 46.2 Å². The fourth-order valence-corrected chi connectivity index (χ4v) is 7.69. The highest BCUT2D eigenvalue weighted by molar-refractivity contribution is 6.58. The van der Waals surface area contributed by atoms with Crippen LogP contribution in [0.15, 0.2) is 29.8 Å². The molecular formula is C27H17Cl2F5N2O6. The van der Waals surface area contributed by atoms with Crippen molar-refractivity contribution < 1.29 is 51.0 Å². The highest BCUT2D eigenvalue weighted by atomic mass is 35.5. The van der Waals surface area contributed by atoms with Crippen molar-refractivity contribution in [1.82, 2.24) is 5.32 Å². The zero-order valence-electron chi connectivity index (χ0n) is 21.1. The van der Waals surface area contributed by atoms with E-state index >= 15 is 0 Å². The maximum absolute atomic E-state index is 15.0. The van der Waals surface area contributed by atoms with E-state index in [-0.39, 0.29) is 34.0 Å². The summed E-state index contributed by atoms with van der Waals surface area (Å²) in [5, 5.41) is 12.3. The number of phenolic OH excluding ortho intramolecular Hbond substituents is 1. The molecule has 0 radical (unpaired) electrons. The zero-order chi connectivity index (χ0) is 30.6. The largest absolute Gasteiger partial charge is 0.508 e. The van der Waals surface area contributed by atoms with Crippen molar-refractivity contribution in [3.05, 3.63) is 64.5 Å². The van der Waals surface area contributed by atoms with Gasteiger partial charge in [-0.2, -0.15) is 0 Å². The Hall–Kier alpha value is -3.71. The van der Waals surface area contributed by atoms with E-state index in [2.05, 4.69) is 5.32 Å². The second kappa shape index (κ2) is 9.14. The van der Waals surface area contributed by atoms with Crippen molar-refractivity contribution in [2.24, 2.45) is 17.8 Å². The number of benzene rings is 2. The minimum atomic E-state index is -2.68. The Morgan fingerprint density at radius 2 is 1.55 bits per heavy atom. The summed E-state index contributed by atoms with van der Waals surface area (Å²) in [4.78, 5) is 47.9. The van der Waals surface area contributed by atoms with Crippen molar-refractivity contribution >= 4 is 52.5 Å². The molecule has 220 valence electrons. The van der Waals surface area contributed by atoms with Crippen molar-refractivity contribution in [1.29, 1.82) is 0 Å². The van der Waals surface area contributed by atoms with Gasteiger partial charge in [-0.05, 0) is 24.8 Å². The summed E-state index contributed by atoms with van der Waals surface area (Å²) < 4.78 is 77.6. The summed E-state index contributed by atoms with van der Waals surface area (Å²) in [6, 6.07) is 3.63. The lowest BCUT2D eigenvalue weighted by atomic mass is 9.56. The second-order valence-corrected chi connectivity index (χ2v) is 11.7. The van der Waals surface area contributed by atoms with Gasteiger partial charge in [-0.3, -0.25) is 24.5 Å². The number of aromatic hydroxyl groups is 1. The first kappa shape index (κ1) is 28.4. The van der Waals surface area contributed by atoms with Gasteiger partial charge < -0.3 is 9.84 Å². The Labute approximate surface area is 243 Å². The van der Waals surface area contributed by atoms with Crippen LogP contribution in [0.1, 0.15) is 24.3 Å². The number of rotatable bonds is 3. The van der Waals surface area contributed by atoms with Crippen molar-refractivity contribution in [2.45, 2.75) is 28.5 Å². The molecule has 2 N–H and O–H groups in total. The van der Waals surface area contributed by atoms with Crippen LogP contribution >= 0.6 is 23.2 Å². The monoisotopic (exact) mass is 630 g/mol. The molecule has 15 heteroatoms. The maximum atomic E-state index is 15.0. The molecule has 6 unspecified atom stereocenters. The second-order valence-electron chi connectivity index (χ2n) is 10.5. The molecule has 0 bridgehead atoms. The van der Waals surface area contributed by atoms with Crippen LogP contribution < -0.4 is 15.0 Å². The highest BCUT2D eigenvalue weighted by Crippen LogP contribution is 2.66. The van der Waals surface area contributed by atoms with Gasteiger partial charge >= 0.3 is 0 Å². The summed E-state index contributed by atoms with van der Waals surface area (Å²) >= 11 is 13.9.